The van der Waals surface area contributed by atoms with Gasteiger partial charge in [-0.1, -0.05) is 0 Å². The predicted molar refractivity (Wildman–Crippen MR) is 59.0 cm³/mol. The molecule has 2 bridgehead atoms. The van der Waals surface area contributed by atoms with E-state index in [1.807, 2.05) is 0 Å². The lowest BCUT2D eigenvalue weighted by Crippen LogP contribution is -2.60. The second-order valence-electron chi connectivity index (χ2n) is 5.40. The van der Waals surface area contributed by atoms with Crippen molar-refractivity contribution in [1.29, 1.82) is 0 Å². The van der Waals surface area contributed by atoms with Crippen molar-refractivity contribution in [2.24, 2.45) is 11.5 Å². The second kappa shape index (κ2) is 3.47. The van der Waals surface area contributed by atoms with Gasteiger partial charge in [0.2, 0.25) is 0 Å². The van der Waals surface area contributed by atoms with Crippen molar-refractivity contribution in [2.45, 2.75) is 63.2 Å². The summed E-state index contributed by atoms with van der Waals surface area (Å²) in [4.78, 5) is 2.65. The van der Waals surface area contributed by atoms with Crippen LogP contribution in [0.5, 0.6) is 0 Å². The Hall–Kier alpha value is -0.120. The van der Waals surface area contributed by atoms with Gasteiger partial charge in [-0.15, -0.1) is 0 Å². The van der Waals surface area contributed by atoms with Gasteiger partial charge >= 0.3 is 0 Å². The molecule has 2 atom stereocenters. The van der Waals surface area contributed by atoms with Crippen molar-refractivity contribution in [3.8, 4) is 0 Å². The molecule has 3 heteroatoms. The minimum atomic E-state index is -0.0722. The summed E-state index contributed by atoms with van der Waals surface area (Å²) in [6.07, 6.45) is 4.83. The Kier molecular flexibility index (Phi) is 2.58. The minimum Gasteiger partial charge on any atom is -0.329 e. The molecule has 2 saturated heterocycles. The second-order valence-corrected chi connectivity index (χ2v) is 5.40. The van der Waals surface area contributed by atoms with E-state index >= 15 is 0 Å². The highest BCUT2D eigenvalue weighted by molar-refractivity contribution is 5.05. The fraction of sp³-hybridized carbons (Fsp3) is 1.00. The van der Waals surface area contributed by atoms with Crippen LogP contribution in [0.3, 0.4) is 0 Å². The van der Waals surface area contributed by atoms with E-state index in [0.717, 1.165) is 12.8 Å². The molecule has 4 N–H and O–H groups in total. The standard InChI is InChI=1S/C11H23N3/c1-8(2)14-9-3-4-10(14)6-11(13,5-9)7-12/h8-10H,3-7,12-13H2,1-2H3. The van der Waals surface area contributed by atoms with Crippen molar-refractivity contribution < 1.29 is 0 Å². The Labute approximate surface area is 86.8 Å². The molecule has 2 fully saturated rings. The maximum atomic E-state index is 6.29. The number of fused-ring (bicyclic) bond motifs is 2. The van der Waals surface area contributed by atoms with Crippen LogP contribution in [0.4, 0.5) is 0 Å². The Morgan fingerprint density at radius 1 is 1.29 bits per heavy atom. The van der Waals surface area contributed by atoms with Crippen LogP contribution < -0.4 is 11.5 Å². The first kappa shape index (κ1) is 10.4. The van der Waals surface area contributed by atoms with Crippen LogP contribution in [-0.4, -0.2) is 35.1 Å². The van der Waals surface area contributed by atoms with Crippen molar-refractivity contribution in [3.63, 3.8) is 0 Å². The van der Waals surface area contributed by atoms with Crippen LogP contribution in [0.2, 0.25) is 0 Å². The van der Waals surface area contributed by atoms with Crippen LogP contribution in [-0.2, 0) is 0 Å². The summed E-state index contributed by atoms with van der Waals surface area (Å²) in [6, 6.07) is 2.06. The van der Waals surface area contributed by atoms with E-state index in [1.165, 1.54) is 12.8 Å². The molecule has 82 valence electrons. The number of nitrogens with zero attached hydrogens (tertiary/aromatic N) is 1. The quantitative estimate of drug-likeness (QED) is 0.684. The predicted octanol–water partition coefficient (Wildman–Crippen LogP) is 0.678. The molecular formula is C11H23N3. The Morgan fingerprint density at radius 2 is 1.79 bits per heavy atom. The summed E-state index contributed by atoms with van der Waals surface area (Å²) in [6.45, 7) is 5.22. The van der Waals surface area contributed by atoms with Gasteiger partial charge in [0.15, 0.2) is 0 Å². The van der Waals surface area contributed by atoms with E-state index in [9.17, 15) is 0 Å². The van der Waals surface area contributed by atoms with Gasteiger partial charge in [0, 0.05) is 30.2 Å². The molecule has 0 aromatic carbocycles. The average molecular weight is 197 g/mol. The monoisotopic (exact) mass is 197 g/mol. The topological polar surface area (TPSA) is 55.3 Å². The molecule has 0 radical (unpaired) electrons. The highest BCUT2D eigenvalue weighted by Crippen LogP contribution is 2.40. The summed E-state index contributed by atoms with van der Waals surface area (Å²) in [7, 11) is 0. The first-order valence-corrected chi connectivity index (χ1v) is 5.82. The summed E-state index contributed by atoms with van der Waals surface area (Å²) in [5.41, 5.74) is 12.0. The van der Waals surface area contributed by atoms with E-state index in [0.29, 0.717) is 24.7 Å². The maximum Gasteiger partial charge on any atom is 0.0308 e. The molecular weight excluding hydrogens is 174 g/mol. The highest BCUT2D eigenvalue weighted by atomic mass is 15.2. The summed E-state index contributed by atoms with van der Waals surface area (Å²) in [5.74, 6) is 0. The van der Waals surface area contributed by atoms with E-state index in [4.69, 9.17) is 11.5 Å². The lowest BCUT2D eigenvalue weighted by molar-refractivity contribution is 0.0628. The first-order chi connectivity index (χ1) is 6.56. The van der Waals surface area contributed by atoms with E-state index in [1.54, 1.807) is 0 Å². The minimum absolute atomic E-state index is 0.0722. The smallest absolute Gasteiger partial charge is 0.0308 e. The molecule has 0 saturated carbocycles. The Bertz CT molecular complexity index is 201. The molecule has 14 heavy (non-hydrogen) atoms. The normalized spacial score (nSPS) is 43.5. The molecule has 2 aliphatic heterocycles. The number of nitrogens with two attached hydrogens (primary N) is 2. The summed E-state index contributed by atoms with van der Waals surface area (Å²) < 4.78 is 0. The third kappa shape index (κ3) is 1.58. The van der Waals surface area contributed by atoms with Crippen LogP contribution in [0.25, 0.3) is 0 Å². The molecule has 2 unspecified atom stereocenters. The van der Waals surface area contributed by atoms with Gasteiger partial charge in [0.05, 0.1) is 0 Å². The maximum absolute atomic E-state index is 6.29. The zero-order valence-corrected chi connectivity index (χ0v) is 9.37. The Morgan fingerprint density at radius 3 is 2.14 bits per heavy atom. The van der Waals surface area contributed by atoms with Crippen LogP contribution in [0, 0.1) is 0 Å². The zero-order chi connectivity index (χ0) is 10.3. The lowest BCUT2D eigenvalue weighted by atomic mass is 9.83. The van der Waals surface area contributed by atoms with E-state index < -0.39 is 0 Å². The fourth-order valence-corrected chi connectivity index (χ4v) is 3.43. The third-order valence-electron chi connectivity index (χ3n) is 3.96. The molecule has 2 aliphatic rings. The molecule has 0 spiro atoms. The number of rotatable bonds is 2. The molecule has 3 nitrogen and oxygen atoms in total. The van der Waals surface area contributed by atoms with Crippen LogP contribution in [0.15, 0.2) is 0 Å². The highest BCUT2D eigenvalue weighted by Gasteiger charge is 2.46. The van der Waals surface area contributed by atoms with Gasteiger partial charge in [0.1, 0.15) is 0 Å². The van der Waals surface area contributed by atoms with Crippen LogP contribution >= 0.6 is 0 Å². The molecule has 2 heterocycles. The van der Waals surface area contributed by atoms with Crippen molar-refractivity contribution >= 4 is 0 Å². The number of hydrogen-bond acceptors (Lipinski definition) is 3. The first-order valence-electron chi connectivity index (χ1n) is 5.82. The average Bonchev–Trinajstić information content (AvgIpc) is 2.40. The number of hydrogen-bond donors (Lipinski definition) is 2. The molecule has 0 aromatic rings. The fourth-order valence-electron chi connectivity index (χ4n) is 3.43. The van der Waals surface area contributed by atoms with Gasteiger partial charge in [-0.3, -0.25) is 4.90 Å². The lowest BCUT2D eigenvalue weighted by Gasteiger charge is -2.46. The summed E-state index contributed by atoms with van der Waals surface area (Å²) >= 11 is 0. The molecule has 0 aliphatic carbocycles. The van der Waals surface area contributed by atoms with E-state index in [-0.39, 0.29) is 5.54 Å². The Balaban J connectivity index is 2.12. The van der Waals surface area contributed by atoms with Gasteiger partial charge in [-0.05, 0) is 39.5 Å². The molecule has 0 amide bonds. The van der Waals surface area contributed by atoms with Crippen molar-refractivity contribution in [1.82, 2.24) is 4.90 Å². The van der Waals surface area contributed by atoms with Crippen LogP contribution in [0.1, 0.15) is 39.5 Å². The van der Waals surface area contributed by atoms with Gasteiger partial charge in [0.25, 0.3) is 0 Å². The van der Waals surface area contributed by atoms with E-state index in [2.05, 4.69) is 18.7 Å². The molecule has 2 rings (SSSR count). The SMILES string of the molecule is CC(C)N1C2CCC1CC(N)(CN)C2. The summed E-state index contributed by atoms with van der Waals surface area (Å²) in [5, 5.41) is 0. The molecule has 0 aromatic heterocycles. The van der Waals surface area contributed by atoms with Gasteiger partial charge < -0.3 is 11.5 Å². The number of piperidine rings is 1. The third-order valence-corrected chi connectivity index (χ3v) is 3.96. The van der Waals surface area contributed by atoms with Gasteiger partial charge in [-0.2, -0.15) is 0 Å². The largest absolute Gasteiger partial charge is 0.329 e. The van der Waals surface area contributed by atoms with Crippen molar-refractivity contribution in [3.05, 3.63) is 0 Å². The van der Waals surface area contributed by atoms with Gasteiger partial charge in [-0.25, -0.2) is 0 Å². The zero-order valence-electron chi connectivity index (χ0n) is 9.37. The van der Waals surface area contributed by atoms with Crippen molar-refractivity contribution in [2.75, 3.05) is 6.54 Å².